The molecule has 6 aromatic carbocycles. The van der Waals surface area contributed by atoms with E-state index in [1.165, 1.54) is 0 Å². The third kappa shape index (κ3) is 4.14. The molecular weight excluding hydrogens is 580 g/mol. The van der Waals surface area contributed by atoms with E-state index in [0.717, 1.165) is 57.3 Å². The highest BCUT2D eigenvalue weighted by molar-refractivity contribution is 5.68. The molecule has 0 unspecified atom stereocenters. The van der Waals surface area contributed by atoms with Crippen LogP contribution in [0.15, 0.2) is 146 Å². The molecule has 0 bridgehead atoms. The lowest BCUT2D eigenvalue weighted by atomic mass is 9.48. The Hall–Kier alpha value is -5.48. The van der Waals surface area contributed by atoms with Crippen molar-refractivity contribution in [2.45, 2.75) is 41.9 Å². The van der Waals surface area contributed by atoms with Gasteiger partial charge in [0.15, 0.2) is 23.0 Å². The average molecular weight is 617 g/mol. The highest BCUT2D eigenvalue weighted by Crippen LogP contribution is 2.64. The van der Waals surface area contributed by atoms with Crippen LogP contribution in [0.25, 0.3) is 0 Å². The van der Waals surface area contributed by atoms with Crippen molar-refractivity contribution in [2.24, 2.45) is 0 Å². The summed E-state index contributed by atoms with van der Waals surface area (Å²) in [5, 5.41) is 44.6. The van der Waals surface area contributed by atoms with Crippen molar-refractivity contribution in [2.75, 3.05) is 0 Å². The smallest absolute Gasteiger partial charge is 0.157 e. The monoisotopic (exact) mass is 616 g/mol. The molecule has 4 heteroatoms. The molecule has 0 fully saturated rings. The van der Waals surface area contributed by atoms with E-state index >= 15 is 0 Å². The molecule has 4 nitrogen and oxygen atoms in total. The van der Waals surface area contributed by atoms with Crippen molar-refractivity contribution in [3.05, 3.63) is 190 Å². The standard InChI is InChI=1S/C43H36O4/c44-37-25-33-35(27-39(37)46)42(29-13-5-1-6-14-29,30-15-7-2-8-16-30)23-21-41(33)22-24-43(31-17-9-3-10-18-31,32-19-11-4-12-20-32)36-28-40(47)38(45)26-34(36)41/h1-20,25-28,44-47H,21-24H2. The first-order valence-electron chi connectivity index (χ1n) is 16.3. The Morgan fingerprint density at radius 2 is 0.574 bits per heavy atom. The van der Waals surface area contributed by atoms with Crippen LogP contribution < -0.4 is 0 Å². The fraction of sp³-hybridized carbons (Fsp3) is 0.163. The minimum absolute atomic E-state index is 0.162. The highest BCUT2D eigenvalue weighted by Gasteiger charge is 2.55. The van der Waals surface area contributed by atoms with Gasteiger partial charge in [0, 0.05) is 16.2 Å². The summed E-state index contributed by atoms with van der Waals surface area (Å²) in [4.78, 5) is 0. The fourth-order valence-electron chi connectivity index (χ4n) is 8.95. The van der Waals surface area contributed by atoms with Gasteiger partial charge in [-0.1, -0.05) is 121 Å². The Labute approximate surface area is 274 Å². The van der Waals surface area contributed by atoms with Gasteiger partial charge in [-0.3, -0.25) is 0 Å². The molecule has 8 rings (SSSR count). The lowest BCUT2D eigenvalue weighted by Crippen LogP contribution is -2.48. The van der Waals surface area contributed by atoms with Gasteiger partial charge in [0.05, 0.1) is 0 Å². The summed E-state index contributed by atoms with van der Waals surface area (Å²) in [7, 11) is 0. The maximum Gasteiger partial charge on any atom is 0.157 e. The van der Waals surface area contributed by atoms with E-state index in [4.69, 9.17) is 0 Å². The predicted molar refractivity (Wildman–Crippen MR) is 184 cm³/mol. The van der Waals surface area contributed by atoms with Crippen LogP contribution in [-0.4, -0.2) is 20.4 Å². The number of rotatable bonds is 4. The number of phenolic OH excluding ortho intramolecular Hbond substituents is 4. The zero-order chi connectivity index (χ0) is 32.2. The van der Waals surface area contributed by atoms with Gasteiger partial charge in [0.25, 0.3) is 0 Å². The largest absolute Gasteiger partial charge is 0.504 e. The van der Waals surface area contributed by atoms with Crippen LogP contribution in [-0.2, 0) is 16.2 Å². The molecule has 0 saturated heterocycles. The molecule has 0 aromatic heterocycles. The molecule has 0 amide bonds. The summed E-state index contributed by atoms with van der Waals surface area (Å²) >= 11 is 0. The first kappa shape index (κ1) is 29.0. The van der Waals surface area contributed by atoms with Gasteiger partial charge in [0.2, 0.25) is 0 Å². The number of aromatic hydroxyl groups is 4. The number of hydrogen-bond donors (Lipinski definition) is 4. The van der Waals surface area contributed by atoms with Crippen molar-refractivity contribution < 1.29 is 20.4 Å². The second kappa shape index (κ2) is 10.8. The second-order valence-corrected chi connectivity index (χ2v) is 13.1. The van der Waals surface area contributed by atoms with Crippen LogP contribution in [0, 0.1) is 0 Å². The van der Waals surface area contributed by atoms with Gasteiger partial charge in [-0.05, 0) is 94.5 Å². The molecule has 4 N–H and O–H groups in total. The third-order valence-corrected chi connectivity index (χ3v) is 11.1. The molecule has 0 atom stereocenters. The lowest BCUT2D eigenvalue weighted by Gasteiger charge is -2.54. The molecular formula is C43H36O4. The van der Waals surface area contributed by atoms with E-state index < -0.39 is 16.2 Å². The molecule has 1 spiro atoms. The van der Waals surface area contributed by atoms with Crippen molar-refractivity contribution in [1.29, 1.82) is 0 Å². The Morgan fingerprint density at radius 1 is 0.319 bits per heavy atom. The van der Waals surface area contributed by atoms with Gasteiger partial charge in [-0.15, -0.1) is 0 Å². The topological polar surface area (TPSA) is 80.9 Å². The molecule has 2 aliphatic carbocycles. The van der Waals surface area contributed by atoms with Crippen molar-refractivity contribution >= 4 is 0 Å². The van der Waals surface area contributed by atoms with Crippen molar-refractivity contribution in [3.63, 3.8) is 0 Å². The van der Waals surface area contributed by atoms with Gasteiger partial charge >= 0.3 is 0 Å². The second-order valence-electron chi connectivity index (χ2n) is 13.1. The quantitative estimate of drug-likeness (QED) is 0.149. The summed E-state index contributed by atoms with van der Waals surface area (Å²) in [6, 6.07) is 48.6. The van der Waals surface area contributed by atoms with Crippen LogP contribution in [0.4, 0.5) is 0 Å². The molecule has 47 heavy (non-hydrogen) atoms. The summed E-state index contributed by atoms with van der Waals surface area (Å²) in [6.45, 7) is 0. The Morgan fingerprint density at radius 3 is 0.851 bits per heavy atom. The van der Waals surface area contributed by atoms with Crippen LogP contribution in [0.3, 0.4) is 0 Å². The molecule has 0 radical (unpaired) electrons. The van der Waals surface area contributed by atoms with Crippen LogP contribution in [0.5, 0.6) is 23.0 Å². The molecule has 6 aromatic rings. The molecule has 2 aliphatic rings. The average Bonchev–Trinajstić information content (AvgIpc) is 3.12. The van der Waals surface area contributed by atoms with Gasteiger partial charge < -0.3 is 20.4 Å². The zero-order valence-corrected chi connectivity index (χ0v) is 26.0. The van der Waals surface area contributed by atoms with E-state index in [2.05, 4.69) is 97.1 Å². The molecule has 232 valence electrons. The third-order valence-electron chi connectivity index (χ3n) is 11.1. The molecule has 0 heterocycles. The fourth-order valence-corrected chi connectivity index (χ4v) is 8.95. The number of phenols is 4. The van der Waals surface area contributed by atoms with E-state index in [1.54, 1.807) is 24.3 Å². The number of fused-ring (bicyclic) bond motifs is 4. The molecule has 0 saturated carbocycles. The van der Waals surface area contributed by atoms with E-state index in [-0.39, 0.29) is 23.0 Å². The highest BCUT2D eigenvalue weighted by atomic mass is 16.3. The number of benzene rings is 6. The minimum Gasteiger partial charge on any atom is -0.504 e. The van der Waals surface area contributed by atoms with E-state index in [1.807, 2.05) is 24.3 Å². The predicted octanol–water partition coefficient (Wildman–Crippen LogP) is 9.05. The van der Waals surface area contributed by atoms with Gasteiger partial charge in [-0.2, -0.15) is 0 Å². The minimum atomic E-state index is -0.624. The van der Waals surface area contributed by atoms with Crippen molar-refractivity contribution in [1.82, 2.24) is 0 Å². The Kier molecular flexibility index (Phi) is 6.66. The first-order chi connectivity index (χ1) is 22.9. The number of hydrogen-bond acceptors (Lipinski definition) is 4. The lowest BCUT2D eigenvalue weighted by molar-refractivity contribution is 0.290. The maximum atomic E-state index is 11.2. The van der Waals surface area contributed by atoms with Gasteiger partial charge in [0.1, 0.15) is 0 Å². The van der Waals surface area contributed by atoms with Crippen molar-refractivity contribution in [3.8, 4) is 23.0 Å². The van der Waals surface area contributed by atoms with E-state index in [0.29, 0.717) is 12.8 Å². The zero-order valence-electron chi connectivity index (χ0n) is 26.0. The molecule has 0 aliphatic heterocycles. The van der Waals surface area contributed by atoms with Gasteiger partial charge in [-0.25, -0.2) is 0 Å². The normalized spacial score (nSPS) is 17.0. The van der Waals surface area contributed by atoms with Crippen LogP contribution >= 0.6 is 0 Å². The van der Waals surface area contributed by atoms with Crippen LogP contribution in [0.1, 0.15) is 70.2 Å². The summed E-state index contributed by atoms with van der Waals surface area (Å²) in [6.07, 6.45) is 2.88. The Bertz CT molecular complexity index is 1840. The summed E-state index contributed by atoms with van der Waals surface area (Å²) in [5.74, 6) is -0.672. The first-order valence-corrected chi connectivity index (χ1v) is 16.3. The summed E-state index contributed by atoms with van der Waals surface area (Å²) < 4.78 is 0. The van der Waals surface area contributed by atoms with E-state index in [9.17, 15) is 20.4 Å². The summed E-state index contributed by atoms with van der Waals surface area (Å²) in [5.41, 5.74) is 6.34. The Balaban J connectivity index is 1.47. The van der Waals surface area contributed by atoms with Crippen LogP contribution in [0.2, 0.25) is 0 Å². The maximum absolute atomic E-state index is 11.2. The SMILES string of the molecule is Oc1cc2c(cc1O)C(c1ccccc1)(c1ccccc1)CCC21CCC(c2ccccc2)(c2ccccc2)c2cc(O)c(O)cc21.